The Labute approximate surface area is 360 Å². The van der Waals surface area contributed by atoms with E-state index in [1.165, 1.54) is 89.9 Å². The summed E-state index contributed by atoms with van der Waals surface area (Å²) in [5, 5.41) is 40.2. The molecule has 0 radical (unpaired) electrons. The van der Waals surface area contributed by atoms with Crippen LogP contribution >= 0.6 is 0 Å². The van der Waals surface area contributed by atoms with Crippen molar-refractivity contribution in [1.29, 1.82) is 0 Å². The number of aliphatic hydroxyl groups excluding tert-OH is 4. The summed E-state index contributed by atoms with van der Waals surface area (Å²) >= 11 is 0. The Kier molecular flexibility index (Phi) is 38.4. The maximum absolute atomic E-state index is 12.8. The number of aliphatic hydroxyl groups is 4. The van der Waals surface area contributed by atoms with Crippen molar-refractivity contribution in [2.75, 3.05) is 26.4 Å². The second-order valence-corrected chi connectivity index (χ2v) is 16.2. The molecule has 0 bridgehead atoms. The first-order valence-electron chi connectivity index (χ1n) is 23.9. The second-order valence-electron chi connectivity index (χ2n) is 16.2. The molecule has 4 N–H and O–H groups in total. The molecule has 0 aromatic rings. The van der Waals surface area contributed by atoms with E-state index in [1.54, 1.807) is 0 Å². The normalized spacial score (nSPS) is 20.7. The third kappa shape index (κ3) is 32.3. The molecule has 0 amide bonds. The summed E-state index contributed by atoms with van der Waals surface area (Å²) in [6.07, 6.45) is 45.3. The maximum Gasteiger partial charge on any atom is 0.306 e. The Morgan fingerprint density at radius 2 is 1.03 bits per heavy atom. The standard InChI is InChI=1S/C50H88O9/c1-3-5-7-9-11-13-15-17-19-20-21-22-23-24-25-26-28-30-32-34-36-38-40-56-42-44(43-57-50-49(55)48(54)47(53)45(41-51)59-50)58-46(52)39-37-35-33-31-29-27-18-16-14-12-10-8-6-4-2/h5,7,11,13,16-19,21-22,44-45,47-51,53-55H,3-4,6,8-10,12,14-15,20,23-43H2,1-2H3/b7-5-,13-11-,18-16-,19-17-,22-21-. The summed E-state index contributed by atoms with van der Waals surface area (Å²) in [4.78, 5) is 12.8. The Hall–Kier alpha value is -2.11. The van der Waals surface area contributed by atoms with Gasteiger partial charge in [0.05, 0.1) is 19.8 Å². The molecule has 6 unspecified atom stereocenters. The number of carbonyl (C=O) groups is 1. The molecule has 0 spiro atoms. The van der Waals surface area contributed by atoms with Gasteiger partial charge in [0.25, 0.3) is 0 Å². The number of hydrogen-bond donors (Lipinski definition) is 4. The zero-order chi connectivity index (χ0) is 42.9. The Morgan fingerprint density at radius 1 is 0.559 bits per heavy atom. The first-order chi connectivity index (χ1) is 28.9. The number of carbonyl (C=O) groups excluding carboxylic acids is 1. The summed E-state index contributed by atoms with van der Waals surface area (Å²) in [7, 11) is 0. The van der Waals surface area contributed by atoms with Crippen LogP contribution in [0, 0.1) is 0 Å². The molecule has 342 valence electrons. The molecule has 1 saturated heterocycles. The lowest BCUT2D eigenvalue weighted by Gasteiger charge is -2.39. The molecule has 0 aromatic carbocycles. The van der Waals surface area contributed by atoms with Crippen molar-refractivity contribution in [2.45, 2.75) is 224 Å². The minimum Gasteiger partial charge on any atom is -0.457 e. The van der Waals surface area contributed by atoms with Gasteiger partial charge in [-0.1, -0.05) is 164 Å². The van der Waals surface area contributed by atoms with Crippen LogP contribution in [-0.2, 0) is 23.7 Å². The van der Waals surface area contributed by atoms with Gasteiger partial charge in [-0.2, -0.15) is 0 Å². The summed E-state index contributed by atoms with van der Waals surface area (Å²) < 4.78 is 22.8. The minimum atomic E-state index is -1.54. The van der Waals surface area contributed by atoms with Crippen molar-refractivity contribution in [2.24, 2.45) is 0 Å². The lowest BCUT2D eigenvalue weighted by molar-refractivity contribution is -0.305. The first kappa shape index (κ1) is 54.9. The van der Waals surface area contributed by atoms with Crippen LogP contribution in [0.1, 0.15) is 187 Å². The molecular formula is C50H88O9. The van der Waals surface area contributed by atoms with E-state index < -0.39 is 43.4 Å². The van der Waals surface area contributed by atoms with E-state index in [0.29, 0.717) is 13.0 Å². The van der Waals surface area contributed by atoms with Crippen LogP contribution in [0.3, 0.4) is 0 Å². The summed E-state index contributed by atoms with van der Waals surface area (Å²) in [6, 6.07) is 0. The van der Waals surface area contributed by atoms with Crippen molar-refractivity contribution in [3.05, 3.63) is 60.8 Å². The number of esters is 1. The topological polar surface area (TPSA) is 135 Å². The SMILES string of the molecule is CC/C=C\C/C=C\C/C=C\C/C=C\CCCCCCCCCCCOCC(COC1OC(CO)C(O)C(O)C1O)OC(=O)CCCCCCC/C=C\CCCCCCC. The lowest BCUT2D eigenvalue weighted by Crippen LogP contribution is -2.59. The highest BCUT2D eigenvalue weighted by Crippen LogP contribution is 2.22. The summed E-state index contributed by atoms with van der Waals surface area (Å²) in [5.74, 6) is -0.326. The van der Waals surface area contributed by atoms with Crippen LogP contribution in [0.15, 0.2) is 60.8 Å². The van der Waals surface area contributed by atoms with Crippen LogP contribution in [-0.4, -0.2) is 89.6 Å². The van der Waals surface area contributed by atoms with Crippen LogP contribution in [0.2, 0.25) is 0 Å². The molecular weight excluding hydrogens is 745 g/mol. The molecule has 0 aliphatic carbocycles. The van der Waals surface area contributed by atoms with Gasteiger partial charge < -0.3 is 39.4 Å². The van der Waals surface area contributed by atoms with Gasteiger partial charge in [-0.25, -0.2) is 0 Å². The first-order valence-corrected chi connectivity index (χ1v) is 23.9. The van der Waals surface area contributed by atoms with E-state index in [1.807, 2.05) is 0 Å². The molecule has 9 nitrogen and oxygen atoms in total. The molecule has 1 heterocycles. The highest BCUT2D eigenvalue weighted by atomic mass is 16.7. The molecule has 0 aromatic heterocycles. The third-order valence-corrected chi connectivity index (χ3v) is 10.7. The van der Waals surface area contributed by atoms with Crippen molar-refractivity contribution in [3.63, 3.8) is 0 Å². The zero-order valence-corrected chi connectivity index (χ0v) is 37.5. The fraction of sp³-hybridized carbons (Fsp3) is 0.780. The number of allylic oxidation sites excluding steroid dienone is 10. The molecule has 0 saturated carbocycles. The van der Waals surface area contributed by atoms with Crippen LogP contribution in [0.4, 0.5) is 0 Å². The molecule has 1 aliphatic heterocycles. The molecule has 1 aliphatic rings. The van der Waals surface area contributed by atoms with E-state index >= 15 is 0 Å². The average Bonchev–Trinajstić information content (AvgIpc) is 3.24. The van der Waals surface area contributed by atoms with E-state index in [9.17, 15) is 25.2 Å². The van der Waals surface area contributed by atoms with Gasteiger partial charge in [0.15, 0.2) is 6.29 Å². The van der Waals surface area contributed by atoms with Gasteiger partial charge in [-0.3, -0.25) is 4.79 Å². The van der Waals surface area contributed by atoms with Crippen molar-refractivity contribution in [1.82, 2.24) is 0 Å². The van der Waals surface area contributed by atoms with Gasteiger partial charge in [0.1, 0.15) is 30.5 Å². The Bertz CT molecular complexity index is 1080. The Morgan fingerprint density at radius 3 is 1.58 bits per heavy atom. The quantitative estimate of drug-likeness (QED) is 0.0270. The number of rotatable bonds is 40. The van der Waals surface area contributed by atoms with E-state index in [4.69, 9.17) is 18.9 Å². The van der Waals surface area contributed by atoms with E-state index in [0.717, 1.165) is 77.0 Å². The summed E-state index contributed by atoms with van der Waals surface area (Å²) in [5.41, 5.74) is 0. The second kappa shape index (κ2) is 41.3. The van der Waals surface area contributed by atoms with Crippen molar-refractivity contribution >= 4 is 5.97 Å². The van der Waals surface area contributed by atoms with Crippen LogP contribution < -0.4 is 0 Å². The minimum absolute atomic E-state index is 0.121. The largest absolute Gasteiger partial charge is 0.457 e. The van der Waals surface area contributed by atoms with Gasteiger partial charge in [0, 0.05) is 13.0 Å². The molecule has 6 atom stereocenters. The van der Waals surface area contributed by atoms with Crippen LogP contribution in [0.25, 0.3) is 0 Å². The van der Waals surface area contributed by atoms with Gasteiger partial charge in [-0.15, -0.1) is 0 Å². The summed E-state index contributed by atoms with van der Waals surface area (Å²) in [6.45, 7) is 4.41. The lowest BCUT2D eigenvalue weighted by atomic mass is 9.99. The van der Waals surface area contributed by atoms with E-state index in [2.05, 4.69) is 74.6 Å². The molecule has 1 rings (SSSR count). The number of hydrogen-bond acceptors (Lipinski definition) is 9. The monoisotopic (exact) mass is 833 g/mol. The fourth-order valence-corrected chi connectivity index (χ4v) is 6.95. The zero-order valence-electron chi connectivity index (χ0n) is 37.5. The number of unbranched alkanes of at least 4 members (excludes halogenated alkanes) is 19. The van der Waals surface area contributed by atoms with Gasteiger partial charge >= 0.3 is 5.97 Å². The fourth-order valence-electron chi connectivity index (χ4n) is 6.95. The molecule has 9 heteroatoms. The highest BCUT2D eigenvalue weighted by Gasteiger charge is 2.44. The van der Waals surface area contributed by atoms with Crippen LogP contribution in [0.5, 0.6) is 0 Å². The van der Waals surface area contributed by atoms with Gasteiger partial charge in [-0.05, 0) is 77.0 Å². The van der Waals surface area contributed by atoms with Crippen molar-refractivity contribution in [3.8, 4) is 0 Å². The third-order valence-electron chi connectivity index (χ3n) is 10.7. The smallest absolute Gasteiger partial charge is 0.306 e. The predicted molar refractivity (Wildman–Crippen MR) is 242 cm³/mol. The Balaban J connectivity index is 2.23. The maximum atomic E-state index is 12.8. The molecule has 59 heavy (non-hydrogen) atoms. The number of ether oxygens (including phenoxy) is 4. The highest BCUT2D eigenvalue weighted by molar-refractivity contribution is 5.69. The van der Waals surface area contributed by atoms with Gasteiger partial charge in [0.2, 0.25) is 0 Å². The average molecular weight is 833 g/mol. The van der Waals surface area contributed by atoms with E-state index in [-0.39, 0.29) is 19.2 Å². The van der Waals surface area contributed by atoms with Crippen molar-refractivity contribution < 1.29 is 44.2 Å². The predicted octanol–water partition coefficient (Wildman–Crippen LogP) is 11.1. The molecule has 1 fully saturated rings.